The van der Waals surface area contributed by atoms with Crippen LogP contribution in [0, 0.1) is 10.5 Å². The molecule has 1 N–H and O–H groups in total. The van der Waals surface area contributed by atoms with Crippen LogP contribution < -0.4 is 4.90 Å². The number of rotatable bonds is 2. The van der Waals surface area contributed by atoms with Crippen molar-refractivity contribution in [1.29, 1.82) is 0 Å². The van der Waals surface area contributed by atoms with Crippen LogP contribution in [0.15, 0.2) is 42.5 Å². The maximum atomic E-state index is 10.7. The molecule has 1 saturated heterocycles. The molecule has 1 aliphatic carbocycles. The fourth-order valence-corrected chi connectivity index (χ4v) is 4.94. The number of hydrogen-bond acceptors (Lipinski definition) is 3. The van der Waals surface area contributed by atoms with Gasteiger partial charge in [0, 0.05) is 47.9 Å². The van der Waals surface area contributed by atoms with E-state index in [1.165, 1.54) is 25.9 Å². The van der Waals surface area contributed by atoms with Gasteiger partial charge in [0.15, 0.2) is 0 Å². The van der Waals surface area contributed by atoms with E-state index >= 15 is 0 Å². The fourth-order valence-electron chi connectivity index (χ4n) is 4.17. The first kappa shape index (κ1) is 17.3. The summed E-state index contributed by atoms with van der Waals surface area (Å²) in [4.78, 5) is 4.96. The lowest BCUT2D eigenvalue weighted by Crippen LogP contribution is -2.56. The molecule has 1 aliphatic heterocycles. The minimum Gasteiger partial charge on any atom is -0.391 e. The maximum Gasteiger partial charge on any atom is 0.0739 e. The molecule has 1 heterocycles. The van der Waals surface area contributed by atoms with E-state index in [9.17, 15) is 5.11 Å². The highest BCUT2D eigenvalue weighted by Gasteiger charge is 2.34. The zero-order chi connectivity index (χ0) is 17.4. The molecule has 2 aromatic rings. The van der Waals surface area contributed by atoms with Crippen LogP contribution >= 0.6 is 22.6 Å². The van der Waals surface area contributed by atoms with Crippen molar-refractivity contribution in [2.24, 2.45) is 0 Å². The third-order valence-electron chi connectivity index (χ3n) is 5.68. The molecule has 0 bridgehead atoms. The van der Waals surface area contributed by atoms with Crippen LogP contribution in [0.2, 0.25) is 0 Å². The van der Waals surface area contributed by atoms with Gasteiger partial charge >= 0.3 is 0 Å². The SMILES string of the molecule is Cc1ccc(N2CCN([C@H]3Cc4c(I)cccc4C[C@@H]3O)CC2)cc1. The average molecular weight is 448 g/mol. The van der Waals surface area contributed by atoms with E-state index in [2.05, 4.69) is 81.8 Å². The molecule has 4 heteroatoms. The third-order valence-corrected chi connectivity index (χ3v) is 6.70. The molecule has 0 radical (unpaired) electrons. The predicted octanol–water partition coefficient (Wildman–Crippen LogP) is 3.25. The molecule has 2 atom stereocenters. The number of piperazine rings is 1. The fraction of sp³-hybridized carbons (Fsp3) is 0.429. The van der Waals surface area contributed by atoms with E-state index < -0.39 is 0 Å². The Morgan fingerprint density at radius 3 is 2.40 bits per heavy atom. The molecular weight excluding hydrogens is 423 g/mol. The quantitative estimate of drug-likeness (QED) is 0.715. The number of halogens is 1. The first-order valence-corrected chi connectivity index (χ1v) is 10.2. The highest BCUT2D eigenvalue weighted by Crippen LogP contribution is 2.29. The van der Waals surface area contributed by atoms with E-state index in [0.29, 0.717) is 0 Å². The molecule has 25 heavy (non-hydrogen) atoms. The number of nitrogens with zero attached hydrogens (tertiary/aromatic N) is 2. The van der Waals surface area contributed by atoms with Crippen LogP contribution in [-0.2, 0) is 12.8 Å². The van der Waals surface area contributed by atoms with Crippen LogP contribution in [0.4, 0.5) is 5.69 Å². The number of anilines is 1. The van der Waals surface area contributed by atoms with Gasteiger partial charge in [-0.25, -0.2) is 0 Å². The summed E-state index contributed by atoms with van der Waals surface area (Å²) in [6, 6.07) is 15.5. The van der Waals surface area contributed by atoms with Crippen molar-refractivity contribution in [2.75, 3.05) is 31.1 Å². The van der Waals surface area contributed by atoms with E-state index in [4.69, 9.17) is 0 Å². The Bertz CT molecular complexity index is 738. The molecule has 0 unspecified atom stereocenters. The predicted molar refractivity (Wildman–Crippen MR) is 111 cm³/mol. The van der Waals surface area contributed by atoms with E-state index in [-0.39, 0.29) is 12.1 Å². The van der Waals surface area contributed by atoms with Crippen molar-refractivity contribution in [3.05, 3.63) is 62.7 Å². The number of aryl methyl sites for hydroxylation is 1. The molecule has 0 aromatic heterocycles. The van der Waals surface area contributed by atoms with Crippen LogP contribution in [0.25, 0.3) is 0 Å². The molecule has 0 saturated carbocycles. The van der Waals surface area contributed by atoms with Crippen molar-refractivity contribution in [1.82, 2.24) is 4.90 Å². The smallest absolute Gasteiger partial charge is 0.0739 e. The Balaban J connectivity index is 1.44. The molecule has 132 valence electrons. The van der Waals surface area contributed by atoms with Gasteiger partial charge in [0.25, 0.3) is 0 Å². The van der Waals surface area contributed by atoms with Crippen LogP contribution in [0.1, 0.15) is 16.7 Å². The van der Waals surface area contributed by atoms with Gasteiger partial charge in [-0.05, 0) is 65.3 Å². The van der Waals surface area contributed by atoms with Gasteiger partial charge in [-0.15, -0.1) is 0 Å². The summed E-state index contributed by atoms with van der Waals surface area (Å²) in [6.45, 7) is 6.24. The van der Waals surface area contributed by atoms with Crippen molar-refractivity contribution in [2.45, 2.75) is 31.9 Å². The van der Waals surface area contributed by atoms with Gasteiger partial charge in [0.2, 0.25) is 0 Å². The molecule has 0 amide bonds. The summed E-state index contributed by atoms with van der Waals surface area (Å²) in [5, 5.41) is 10.7. The molecule has 3 nitrogen and oxygen atoms in total. The third kappa shape index (κ3) is 3.57. The summed E-state index contributed by atoms with van der Waals surface area (Å²) in [5.74, 6) is 0. The number of benzene rings is 2. The van der Waals surface area contributed by atoms with Gasteiger partial charge in [0.05, 0.1) is 6.10 Å². The van der Waals surface area contributed by atoms with Gasteiger partial charge in [-0.3, -0.25) is 4.90 Å². The normalized spacial score (nSPS) is 24.2. The summed E-state index contributed by atoms with van der Waals surface area (Å²) >= 11 is 2.44. The minimum atomic E-state index is -0.253. The largest absolute Gasteiger partial charge is 0.391 e. The lowest BCUT2D eigenvalue weighted by molar-refractivity contribution is 0.0394. The Morgan fingerprint density at radius 1 is 0.960 bits per heavy atom. The highest BCUT2D eigenvalue weighted by atomic mass is 127. The molecule has 1 fully saturated rings. The van der Waals surface area contributed by atoms with E-state index in [1.807, 2.05) is 0 Å². The monoisotopic (exact) mass is 448 g/mol. The van der Waals surface area contributed by atoms with Gasteiger partial charge in [0.1, 0.15) is 0 Å². The van der Waals surface area contributed by atoms with Gasteiger partial charge < -0.3 is 10.0 Å². The standard InChI is InChI=1S/C21H25IN2O/c1-15-5-7-17(8-6-15)23-9-11-24(12-10-23)20-14-18-16(13-21(20)25)3-2-4-19(18)22/h2-8,20-21,25H,9-14H2,1H3/t20-,21-/m0/s1. The van der Waals surface area contributed by atoms with Crippen LogP contribution in [0.3, 0.4) is 0 Å². The maximum absolute atomic E-state index is 10.7. The zero-order valence-corrected chi connectivity index (χ0v) is 16.8. The van der Waals surface area contributed by atoms with Gasteiger partial charge in [-0.1, -0.05) is 29.8 Å². The van der Waals surface area contributed by atoms with Gasteiger partial charge in [-0.2, -0.15) is 0 Å². The summed E-state index contributed by atoms with van der Waals surface area (Å²) < 4.78 is 1.34. The second-order valence-corrected chi connectivity index (χ2v) is 8.44. The van der Waals surface area contributed by atoms with Crippen LogP contribution in [-0.4, -0.2) is 48.3 Å². The summed E-state index contributed by atoms with van der Waals surface area (Å²) in [5.41, 5.74) is 5.39. The molecule has 2 aromatic carbocycles. The van der Waals surface area contributed by atoms with Crippen molar-refractivity contribution in [3.8, 4) is 0 Å². The topological polar surface area (TPSA) is 26.7 Å². The van der Waals surface area contributed by atoms with E-state index in [1.54, 1.807) is 0 Å². The average Bonchev–Trinajstić information content (AvgIpc) is 2.62. The Hall–Kier alpha value is -1.11. The van der Waals surface area contributed by atoms with Crippen molar-refractivity contribution in [3.63, 3.8) is 0 Å². The summed E-state index contributed by atoms with van der Waals surface area (Å²) in [7, 11) is 0. The zero-order valence-electron chi connectivity index (χ0n) is 14.7. The molecule has 0 spiro atoms. The van der Waals surface area contributed by atoms with E-state index in [0.717, 1.165) is 39.0 Å². The molecule has 4 rings (SSSR count). The van der Waals surface area contributed by atoms with Crippen molar-refractivity contribution < 1.29 is 5.11 Å². The first-order chi connectivity index (χ1) is 12.1. The Labute approximate surface area is 163 Å². The minimum absolute atomic E-state index is 0.253. The summed E-state index contributed by atoms with van der Waals surface area (Å²) in [6.07, 6.45) is 1.51. The number of aliphatic hydroxyl groups is 1. The molecule has 2 aliphatic rings. The van der Waals surface area contributed by atoms with Crippen molar-refractivity contribution >= 4 is 28.3 Å². The lowest BCUT2D eigenvalue weighted by atomic mass is 9.85. The number of aliphatic hydroxyl groups excluding tert-OH is 1. The second-order valence-electron chi connectivity index (χ2n) is 7.28. The number of fused-ring (bicyclic) bond motifs is 1. The number of hydrogen-bond donors (Lipinski definition) is 1. The lowest BCUT2D eigenvalue weighted by Gasteiger charge is -2.43. The van der Waals surface area contributed by atoms with Crippen LogP contribution in [0.5, 0.6) is 0 Å². The molecular formula is C21H25IN2O. The first-order valence-electron chi connectivity index (χ1n) is 9.12. The highest BCUT2D eigenvalue weighted by molar-refractivity contribution is 14.1. The Morgan fingerprint density at radius 2 is 1.68 bits per heavy atom. The second kappa shape index (κ2) is 7.25. The Kier molecular flexibility index (Phi) is 5.02.